The van der Waals surface area contributed by atoms with Crippen molar-refractivity contribution in [2.75, 3.05) is 46.1 Å². The predicted molar refractivity (Wildman–Crippen MR) is 69.2 cm³/mol. The van der Waals surface area contributed by atoms with Gasteiger partial charge in [-0.3, -0.25) is 4.90 Å². The number of likely N-dealkylation sites (N-methyl/N-ethyl adjacent to an activating group) is 2. The summed E-state index contributed by atoms with van der Waals surface area (Å²) in [5, 5.41) is 3.09. The molecule has 1 fully saturated rings. The third-order valence-electron chi connectivity index (χ3n) is 3.28. The number of nitrogens with zero attached hydrogens (tertiary/aromatic N) is 4. The molecule has 5 heteroatoms. The molecule has 0 spiro atoms. The highest BCUT2D eigenvalue weighted by molar-refractivity contribution is 5.35. The fourth-order valence-corrected chi connectivity index (χ4v) is 2.16. The first kappa shape index (κ1) is 12.3. The van der Waals surface area contributed by atoms with Crippen molar-refractivity contribution >= 4 is 5.82 Å². The van der Waals surface area contributed by atoms with Gasteiger partial charge in [0.25, 0.3) is 0 Å². The van der Waals surface area contributed by atoms with Crippen molar-refractivity contribution in [1.29, 1.82) is 0 Å². The van der Waals surface area contributed by atoms with Crippen LogP contribution in [0.3, 0.4) is 0 Å². The van der Waals surface area contributed by atoms with E-state index in [1.54, 1.807) is 0 Å². The Kier molecular flexibility index (Phi) is 3.59. The lowest BCUT2D eigenvalue weighted by Gasteiger charge is -2.36. The van der Waals surface area contributed by atoms with E-state index in [9.17, 15) is 0 Å². The molecule has 1 unspecified atom stereocenters. The van der Waals surface area contributed by atoms with Crippen LogP contribution in [0.4, 0.5) is 5.82 Å². The molecule has 94 valence electrons. The molecular formula is C12H21N5. The van der Waals surface area contributed by atoms with Gasteiger partial charge in [-0.05, 0) is 21.0 Å². The van der Waals surface area contributed by atoms with Crippen LogP contribution in [0.1, 0.15) is 17.6 Å². The fourth-order valence-electron chi connectivity index (χ4n) is 2.16. The van der Waals surface area contributed by atoms with E-state index in [0.717, 1.165) is 37.0 Å². The van der Waals surface area contributed by atoms with E-state index in [2.05, 4.69) is 39.2 Å². The van der Waals surface area contributed by atoms with E-state index in [1.165, 1.54) is 0 Å². The number of aryl methyl sites for hydroxylation is 1. The molecule has 1 N–H and O–H groups in total. The summed E-state index contributed by atoms with van der Waals surface area (Å²) in [6.07, 6.45) is 0. The minimum absolute atomic E-state index is 0.292. The molecular weight excluding hydrogens is 214 g/mol. The summed E-state index contributed by atoms with van der Waals surface area (Å²) in [7, 11) is 6.18. The zero-order valence-electron chi connectivity index (χ0n) is 11.1. The summed E-state index contributed by atoms with van der Waals surface area (Å²) in [6, 6.07) is 2.26. The molecule has 0 bridgehead atoms. The minimum atomic E-state index is 0.292. The first-order valence-corrected chi connectivity index (χ1v) is 6.02. The Morgan fingerprint density at radius 1 is 1.29 bits per heavy atom. The first-order chi connectivity index (χ1) is 8.10. The molecule has 1 saturated heterocycles. The van der Waals surface area contributed by atoms with Crippen molar-refractivity contribution in [3.8, 4) is 0 Å². The van der Waals surface area contributed by atoms with Gasteiger partial charge in [0.15, 0.2) is 0 Å². The van der Waals surface area contributed by atoms with Crippen LogP contribution < -0.4 is 5.32 Å². The topological polar surface area (TPSA) is 44.3 Å². The van der Waals surface area contributed by atoms with Gasteiger partial charge in [-0.2, -0.15) is 0 Å². The molecule has 1 aliphatic heterocycles. The van der Waals surface area contributed by atoms with E-state index >= 15 is 0 Å². The van der Waals surface area contributed by atoms with Crippen molar-refractivity contribution < 1.29 is 0 Å². The van der Waals surface area contributed by atoms with E-state index in [-0.39, 0.29) is 0 Å². The molecule has 0 saturated carbocycles. The monoisotopic (exact) mass is 235 g/mol. The second-order valence-corrected chi connectivity index (χ2v) is 4.76. The smallest absolute Gasteiger partial charge is 0.149 e. The number of piperazine rings is 1. The van der Waals surface area contributed by atoms with Crippen molar-refractivity contribution in [2.24, 2.45) is 0 Å². The molecule has 1 atom stereocenters. The summed E-state index contributed by atoms with van der Waals surface area (Å²) in [4.78, 5) is 13.8. The molecule has 17 heavy (non-hydrogen) atoms. The predicted octanol–water partition coefficient (Wildman–Crippen LogP) is 0.745. The van der Waals surface area contributed by atoms with Gasteiger partial charge in [-0.1, -0.05) is 0 Å². The maximum Gasteiger partial charge on any atom is 0.149 e. The molecule has 5 nitrogen and oxygen atoms in total. The molecule has 0 aliphatic carbocycles. The highest BCUT2D eigenvalue weighted by Crippen LogP contribution is 2.21. The number of nitrogens with one attached hydrogen (secondary N) is 1. The van der Waals surface area contributed by atoms with Crippen LogP contribution in [-0.4, -0.2) is 60.5 Å². The van der Waals surface area contributed by atoms with Crippen LogP contribution in [0.15, 0.2) is 6.07 Å². The van der Waals surface area contributed by atoms with Gasteiger partial charge in [0.1, 0.15) is 11.6 Å². The quantitative estimate of drug-likeness (QED) is 0.819. The first-order valence-electron chi connectivity index (χ1n) is 6.02. The molecule has 0 radical (unpaired) electrons. The molecule has 1 aliphatic rings. The van der Waals surface area contributed by atoms with Crippen LogP contribution in [0.2, 0.25) is 0 Å². The van der Waals surface area contributed by atoms with Crippen LogP contribution in [0.5, 0.6) is 0 Å². The maximum atomic E-state index is 4.57. The van der Waals surface area contributed by atoms with Crippen molar-refractivity contribution in [3.63, 3.8) is 0 Å². The normalized spacial score (nSPS) is 22.7. The summed E-state index contributed by atoms with van der Waals surface area (Å²) in [6.45, 7) is 5.17. The molecule has 1 aromatic heterocycles. The Balaban J connectivity index is 2.28. The zero-order chi connectivity index (χ0) is 12.4. The Morgan fingerprint density at radius 2 is 2.06 bits per heavy atom. The molecule has 2 rings (SSSR count). The second kappa shape index (κ2) is 4.98. The zero-order valence-corrected chi connectivity index (χ0v) is 11.1. The highest BCUT2D eigenvalue weighted by Gasteiger charge is 2.26. The lowest BCUT2D eigenvalue weighted by atomic mass is 10.1. The van der Waals surface area contributed by atoms with Gasteiger partial charge in [0.05, 0.1) is 6.04 Å². The van der Waals surface area contributed by atoms with Gasteiger partial charge in [0, 0.05) is 38.4 Å². The van der Waals surface area contributed by atoms with E-state index in [0.29, 0.717) is 6.04 Å². The summed E-state index contributed by atoms with van der Waals surface area (Å²) < 4.78 is 0. The lowest BCUT2D eigenvalue weighted by Crippen LogP contribution is -2.45. The van der Waals surface area contributed by atoms with E-state index in [1.807, 2.05) is 20.0 Å². The number of rotatable bonds is 2. The largest absolute Gasteiger partial charge is 0.373 e. The van der Waals surface area contributed by atoms with Crippen molar-refractivity contribution in [3.05, 3.63) is 17.6 Å². The third kappa shape index (κ3) is 2.73. The SMILES string of the molecule is CNc1cc(C)nc(C2CN(C)CCN2C)n1. The van der Waals surface area contributed by atoms with Gasteiger partial charge in [0.2, 0.25) is 0 Å². The van der Waals surface area contributed by atoms with Crippen molar-refractivity contribution in [1.82, 2.24) is 19.8 Å². The van der Waals surface area contributed by atoms with E-state index < -0.39 is 0 Å². The number of hydrogen-bond acceptors (Lipinski definition) is 5. The average Bonchev–Trinajstić information content (AvgIpc) is 2.31. The van der Waals surface area contributed by atoms with Crippen LogP contribution in [-0.2, 0) is 0 Å². The number of hydrogen-bond donors (Lipinski definition) is 1. The summed E-state index contributed by atoms with van der Waals surface area (Å²) in [5.41, 5.74) is 1.01. The van der Waals surface area contributed by atoms with Gasteiger partial charge in [-0.15, -0.1) is 0 Å². The molecule has 1 aromatic rings. The second-order valence-electron chi connectivity index (χ2n) is 4.76. The molecule has 0 aromatic carbocycles. The lowest BCUT2D eigenvalue weighted by molar-refractivity contribution is 0.109. The Morgan fingerprint density at radius 3 is 2.76 bits per heavy atom. The Labute approximate surface area is 103 Å². The van der Waals surface area contributed by atoms with Gasteiger partial charge >= 0.3 is 0 Å². The third-order valence-corrected chi connectivity index (χ3v) is 3.28. The van der Waals surface area contributed by atoms with E-state index in [4.69, 9.17) is 0 Å². The molecule has 0 amide bonds. The standard InChI is InChI=1S/C12H21N5/c1-9-7-11(13-2)15-12(14-9)10-8-16(3)5-6-17(10)4/h7,10H,5-6,8H2,1-4H3,(H,13,14,15). The summed E-state index contributed by atoms with van der Waals surface area (Å²) in [5.74, 6) is 1.82. The van der Waals surface area contributed by atoms with Crippen LogP contribution in [0.25, 0.3) is 0 Å². The Bertz CT molecular complexity index is 392. The van der Waals surface area contributed by atoms with Gasteiger partial charge in [-0.25, -0.2) is 9.97 Å². The average molecular weight is 235 g/mol. The Hall–Kier alpha value is -1.20. The highest BCUT2D eigenvalue weighted by atomic mass is 15.3. The minimum Gasteiger partial charge on any atom is -0.373 e. The maximum absolute atomic E-state index is 4.57. The summed E-state index contributed by atoms with van der Waals surface area (Å²) >= 11 is 0. The molecule has 2 heterocycles. The van der Waals surface area contributed by atoms with Crippen LogP contribution in [0, 0.1) is 6.92 Å². The fraction of sp³-hybridized carbons (Fsp3) is 0.667. The van der Waals surface area contributed by atoms with Crippen LogP contribution >= 0.6 is 0 Å². The number of anilines is 1. The van der Waals surface area contributed by atoms with Gasteiger partial charge < -0.3 is 10.2 Å². The van der Waals surface area contributed by atoms with Crippen molar-refractivity contribution in [2.45, 2.75) is 13.0 Å². The number of aromatic nitrogens is 2.